The fraction of sp³-hybridized carbons (Fsp3) is 0.778. The van der Waals surface area contributed by atoms with Crippen LogP contribution >= 0.6 is 0 Å². The smallest absolute Gasteiger partial charge is 0.335 e. The van der Waals surface area contributed by atoms with Gasteiger partial charge >= 0.3 is 12.2 Å². The first-order valence-corrected chi connectivity index (χ1v) is 9.62. The van der Waals surface area contributed by atoms with E-state index in [0.29, 0.717) is 11.5 Å². The highest BCUT2D eigenvalue weighted by atomic mass is 19.4. The number of alkyl halides is 5. The van der Waals surface area contributed by atoms with Crippen LogP contribution in [0.4, 0.5) is 32.6 Å². The first-order chi connectivity index (χ1) is 13.0. The molecule has 0 unspecified atom stereocenters. The van der Waals surface area contributed by atoms with Crippen LogP contribution in [0.1, 0.15) is 68.0 Å². The van der Waals surface area contributed by atoms with E-state index in [0.717, 1.165) is 24.8 Å². The zero-order chi connectivity index (χ0) is 20.3. The molecule has 0 spiro atoms. The molecule has 5 nitrogen and oxygen atoms in total. The van der Waals surface area contributed by atoms with Gasteiger partial charge in [0.15, 0.2) is 0 Å². The highest BCUT2D eigenvalue weighted by Crippen LogP contribution is 2.52. The van der Waals surface area contributed by atoms with Crippen molar-refractivity contribution in [3.63, 3.8) is 0 Å². The fourth-order valence-electron chi connectivity index (χ4n) is 4.30. The van der Waals surface area contributed by atoms with E-state index in [4.69, 9.17) is 0 Å². The van der Waals surface area contributed by atoms with Crippen molar-refractivity contribution < 1.29 is 26.7 Å². The van der Waals surface area contributed by atoms with Crippen LogP contribution in [-0.4, -0.2) is 34.0 Å². The number of nitrogens with one attached hydrogen (secondary N) is 2. The monoisotopic (exact) mass is 406 g/mol. The fourth-order valence-corrected chi connectivity index (χ4v) is 4.30. The average molecular weight is 406 g/mol. The molecule has 2 amide bonds. The van der Waals surface area contributed by atoms with Crippen molar-refractivity contribution in [2.45, 2.75) is 74.9 Å². The van der Waals surface area contributed by atoms with E-state index >= 15 is 0 Å². The number of hydrogen-bond acceptors (Lipinski definition) is 2. The lowest BCUT2D eigenvalue weighted by Gasteiger charge is -2.37. The van der Waals surface area contributed by atoms with Gasteiger partial charge in [0.1, 0.15) is 5.82 Å². The van der Waals surface area contributed by atoms with Gasteiger partial charge in [0, 0.05) is 37.4 Å². The second kappa shape index (κ2) is 6.59. The van der Waals surface area contributed by atoms with Gasteiger partial charge < -0.3 is 5.32 Å². The van der Waals surface area contributed by atoms with Crippen molar-refractivity contribution in [3.05, 3.63) is 11.3 Å². The van der Waals surface area contributed by atoms with Gasteiger partial charge in [-0.15, -0.1) is 0 Å². The Labute approximate surface area is 159 Å². The molecule has 3 aliphatic carbocycles. The highest BCUT2D eigenvalue weighted by molar-refractivity contribution is 5.89. The number of aromatic nitrogens is 2. The minimum absolute atomic E-state index is 0.125. The van der Waals surface area contributed by atoms with Gasteiger partial charge in [-0.3, -0.25) is 10.00 Å². The van der Waals surface area contributed by atoms with Crippen LogP contribution in [0.15, 0.2) is 0 Å². The largest absolute Gasteiger partial charge is 0.391 e. The van der Waals surface area contributed by atoms with E-state index in [-0.39, 0.29) is 37.5 Å². The van der Waals surface area contributed by atoms with E-state index < -0.39 is 30.1 Å². The van der Waals surface area contributed by atoms with E-state index in [1.54, 1.807) is 7.05 Å². The van der Waals surface area contributed by atoms with Gasteiger partial charge in [0.25, 0.3) is 0 Å². The number of anilines is 1. The number of halogens is 5. The SMILES string of the molecule is Cn1nc(C2CC(F)(F)C2)c(C2CCC2)c1NC(=O)NC1CC(C(F)(F)F)C1. The lowest BCUT2D eigenvalue weighted by Crippen LogP contribution is -2.50. The number of hydrogen-bond donors (Lipinski definition) is 2. The molecule has 1 heterocycles. The lowest BCUT2D eigenvalue weighted by atomic mass is 9.73. The molecular formula is C18H23F5N4O. The molecule has 4 rings (SSSR count). The summed E-state index contributed by atoms with van der Waals surface area (Å²) in [6.07, 6.45) is -2.10. The molecule has 1 aromatic rings. The summed E-state index contributed by atoms with van der Waals surface area (Å²) in [4.78, 5) is 12.3. The summed E-state index contributed by atoms with van der Waals surface area (Å²) in [5.74, 6) is -3.73. The number of aryl methyl sites for hydroxylation is 1. The van der Waals surface area contributed by atoms with Gasteiger partial charge in [-0.05, 0) is 31.6 Å². The van der Waals surface area contributed by atoms with Crippen LogP contribution in [-0.2, 0) is 7.05 Å². The van der Waals surface area contributed by atoms with Crippen LogP contribution in [0.2, 0.25) is 0 Å². The number of rotatable bonds is 4. The molecule has 3 saturated carbocycles. The van der Waals surface area contributed by atoms with Crippen LogP contribution in [0, 0.1) is 5.92 Å². The molecule has 10 heteroatoms. The first-order valence-electron chi connectivity index (χ1n) is 9.62. The minimum Gasteiger partial charge on any atom is -0.335 e. The number of carbonyl (C=O) groups is 1. The Kier molecular flexibility index (Phi) is 4.58. The number of carbonyl (C=O) groups excluding carboxylic acids is 1. The van der Waals surface area contributed by atoms with Crippen molar-refractivity contribution >= 4 is 11.8 Å². The van der Waals surface area contributed by atoms with Gasteiger partial charge in [0.05, 0.1) is 11.6 Å². The normalized spacial score (nSPS) is 27.5. The molecule has 0 atom stereocenters. The molecule has 0 aliphatic heterocycles. The van der Waals surface area contributed by atoms with Crippen molar-refractivity contribution in [1.82, 2.24) is 15.1 Å². The van der Waals surface area contributed by atoms with E-state index in [2.05, 4.69) is 15.7 Å². The molecule has 28 heavy (non-hydrogen) atoms. The van der Waals surface area contributed by atoms with Crippen LogP contribution in [0.5, 0.6) is 0 Å². The average Bonchev–Trinajstić information content (AvgIpc) is 2.74. The Morgan fingerprint density at radius 3 is 2.32 bits per heavy atom. The number of urea groups is 1. The molecule has 0 radical (unpaired) electrons. The number of amides is 2. The summed E-state index contributed by atoms with van der Waals surface area (Å²) in [7, 11) is 1.64. The van der Waals surface area contributed by atoms with E-state index in [9.17, 15) is 26.7 Å². The van der Waals surface area contributed by atoms with E-state index in [1.807, 2.05) is 0 Å². The maximum Gasteiger partial charge on any atom is 0.391 e. The summed E-state index contributed by atoms with van der Waals surface area (Å²) < 4.78 is 65.9. The highest BCUT2D eigenvalue weighted by Gasteiger charge is 2.50. The molecule has 3 fully saturated rings. The molecule has 3 aliphatic rings. The zero-order valence-electron chi connectivity index (χ0n) is 15.5. The quantitative estimate of drug-likeness (QED) is 0.715. The van der Waals surface area contributed by atoms with Gasteiger partial charge in [-0.2, -0.15) is 18.3 Å². The predicted octanol–water partition coefficient (Wildman–Crippen LogP) is 4.66. The molecule has 0 saturated heterocycles. The van der Waals surface area contributed by atoms with Crippen molar-refractivity contribution in [2.75, 3.05) is 5.32 Å². The zero-order valence-corrected chi connectivity index (χ0v) is 15.5. The molecule has 0 bridgehead atoms. The Morgan fingerprint density at radius 1 is 1.18 bits per heavy atom. The second-order valence-electron chi connectivity index (χ2n) is 8.37. The Hall–Kier alpha value is -1.87. The molecule has 2 N–H and O–H groups in total. The Morgan fingerprint density at radius 2 is 1.82 bits per heavy atom. The van der Waals surface area contributed by atoms with Crippen molar-refractivity contribution in [1.29, 1.82) is 0 Å². The van der Waals surface area contributed by atoms with Gasteiger partial charge in [0.2, 0.25) is 5.92 Å². The summed E-state index contributed by atoms with van der Waals surface area (Å²) in [6.45, 7) is 0. The lowest BCUT2D eigenvalue weighted by molar-refractivity contribution is -0.198. The van der Waals surface area contributed by atoms with Crippen molar-refractivity contribution in [3.8, 4) is 0 Å². The van der Waals surface area contributed by atoms with Crippen LogP contribution in [0.25, 0.3) is 0 Å². The van der Waals surface area contributed by atoms with Crippen molar-refractivity contribution in [2.24, 2.45) is 13.0 Å². The second-order valence-corrected chi connectivity index (χ2v) is 8.37. The van der Waals surface area contributed by atoms with Crippen LogP contribution in [0.3, 0.4) is 0 Å². The minimum atomic E-state index is -4.23. The first kappa shape index (κ1) is 19.4. The molecule has 0 aromatic carbocycles. The number of nitrogens with zero attached hydrogens (tertiary/aromatic N) is 2. The summed E-state index contributed by atoms with van der Waals surface area (Å²) >= 11 is 0. The standard InChI is InChI=1S/C18H23F5N4O/c1-27-15(25-16(28)24-12-5-11(6-12)18(21,22)23)13(9-3-2-4-9)14(26-27)10-7-17(19,20)8-10/h9-12H,2-8H2,1H3,(H2,24,25,28). The Balaban J connectivity index is 1.44. The molecule has 1 aromatic heterocycles. The van der Waals surface area contributed by atoms with Crippen LogP contribution < -0.4 is 10.6 Å². The van der Waals surface area contributed by atoms with E-state index in [1.165, 1.54) is 4.68 Å². The Bertz CT molecular complexity index is 757. The van der Waals surface area contributed by atoms with Gasteiger partial charge in [-0.25, -0.2) is 13.6 Å². The third kappa shape index (κ3) is 3.57. The summed E-state index contributed by atoms with van der Waals surface area (Å²) in [5, 5.41) is 9.68. The summed E-state index contributed by atoms with van der Waals surface area (Å²) in [5.41, 5.74) is 1.43. The third-order valence-electron chi connectivity index (χ3n) is 6.27. The van der Waals surface area contributed by atoms with Gasteiger partial charge in [-0.1, -0.05) is 6.42 Å². The third-order valence-corrected chi connectivity index (χ3v) is 6.27. The maximum atomic E-state index is 13.3. The topological polar surface area (TPSA) is 59.0 Å². The summed E-state index contributed by atoms with van der Waals surface area (Å²) in [6, 6.07) is -1.10. The maximum absolute atomic E-state index is 13.3. The predicted molar refractivity (Wildman–Crippen MR) is 91.4 cm³/mol. The molecular weight excluding hydrogens is 383 g/mol. The molecule has 156 valence electrons.